The van der Waals surface area contributed by atoms with Crippen molar-refractivity contribution in [2.75, 3.05) is 6.54 Å². The second kappa shape index (κ2) is 7.45. The van der Waals surface area contributed by atoms with Crippen LogP contribution in [0.1, 0.15) is 27.0 Å². The van der Waals surface area contributed by atoms with Gasteiger partial charge in [-0.05, 0) is 36.6 Å². The van der Waals surface area contributed by atoms with E-state index in [4.69, 9.17) is 4.74 Å². The lowest BCUT2D eigenvalue weighted by Crippen LogP contribution is -2.30. The van der Waals surface area contributed by atoms with E-state index in [1.165, 1.54) is 6.07 Å². The van der Waals surface area contributed by atoms with Crippen LogP contribution in [0, 0.1) is 13.8 Å². The molecular formula is C18H19NO4. The normalized spacial score (nSPS) is 10.2. The molecule has 0 saturated carbocycles. The number of amides is 1. The highest BCUT2D eigenvalue weighted by atomic mass is 16.5. The van der Waals surface area contributed by atoms with E-state index in [1.54, 1.807) is 13.0 Å². The molecule has 0 radical (unpaired) electrons. The minimum Gasteiger partial charge on any atom is -0.507 e. The van der Waals surface area contributed by atoms with Crippen LogP contribution >= 0.6 is 0 Å². The Morgan fingerprint density at radius 1 is 1.09 bits per heavy atom. The zero-order valence-corrected chi connectivity index (χ0v) is 13.1. The molecule has 0 spiro atoms. The third-order valence-electron chi connectivity index (χ3n) is 3.58. The molecule has 0 heterocycles. The highest BCUT2D eigenvalue weighted by molar-refractivity contribution is 5.98. The van der Waals surface area contributed by atoms with Gasteiger partial charge in [0.15, 0.2) is 0 Å². The first kappa shape index (κ1) is 16.5. The average Bonchev–Trinajstić information content (AvgIpc) is 2.57. The number of phenolic OH excluding ortho intramolecular Hbond substituents is 1. The van der Waals surface area contributed by atoms with E-state index in [0.717, 1.165) is 11.1 Å². The molecule has 23 heavy (non-hydrogen) atoms. The molecule has 2 aromatic rings. The Morgan fingerprint density at radius 3 is 2.48 bits per heavy atom. The molecule has 0 atom stereocenters. The smallest absolute Gasteiger partial charge is 0.325 e. The molecule has 5 nitrogen and oxygen atoms in total. The Morgan fingerprint density at radius 2 is 1.78 bits per heavy atom. The fourth-order valence-corrected chi connectivity index (χ4v) is 2.02. The summed E-state index contributed by atoms with van der Waals surface area (Å²) in [7, 11) is 0. The molecule has 0 unspecified atom stereocenters. The summed E-state index contributed by atoms with van der Waals surface area (Å²) in [6.07, 6.45) is 0. The van der Waals surface area contributed by atoms with Gasteiger partial charge in [-0.2, -0.15) is 0 Å². The van der Waals surface area contributed by atoms with Gasteiger partial charge in [0.2, 0.25) is 0 Å². The molecule has 0 aliphatic rings. The summed E-state index contributed by atoms with van der Waals surface area (Å²) in [6.45, 7) is 3.48. The number of hydrogen-bond donors (Lipinski definition) is 2. The lowest BCUT2D eigenvalue weighted by Gasteiger charge is -2.10. The SMILES string of the molecule is Cc1ccc(C(=O)NCC(=O)OCc2ccccc2)c(O)c1C. The van der Waals surface area contributed by atoms with E-state index in [2.05, 4.69) is 5.32 Å². The van der Waals surface area contributed by atoms with Crippen molar-refractivity contribution in [1.29, 1.82) is 0 Å². The monoisotopic (exact) mass is 313 g/mol. The summed E-state index contributed by atoms with van der Waals surface area (Å²) in [6, 6.07) is 12.6. The largest absolute Gasteiger partial charge is 0.507 e. The van der Waals surface area contributed by atoms with Crippen molar-refractivity contribution in [1.82, 2.24) is 5.32 Å². The molecule has 0 aromatic heterocycles. The van der Waals surface area contributed by atoms with Gasteiger partial charge in [-0.15, -0.1) is 0 Å². The molecule has 0 aliphatic carbocycles. The van der Waals surface area contributed by atoms with Crippen molar-refractivity contribution in [3.05, 3.63) is 64.7 Å². The Kier molecular flexibility index (Phi) is 5.36. The predicted octanol–water partition coefficient (Wildman–Crippen LogP) is 2.48. The number of hydrogen-bond acceptors (Lipinski definition) is 4. The van der Waals surface area contributed by atoms with Gasteiger partial charge in [-0.1, -0.05) is 36.4 Å². The lowest BCUT2D eigenvalue weighted by molar-refractivity contribution is -0.143. The Hall–Kier alpha value is -2.82. The van der Waals surface area contributed by atoms with Crippen LogP contribution in [0.15, 0.2) is 42.5 Å². The minimum atomic E-state index is -0.537. The quantitative estimate of drug-likeness (QED) is 0.832. The number of esters is 1. The number of nitrogens with one attached hydrogen (secondary N) is 1. The summed E-state index contributed by atoms with van der Waals surface area (Å²) < 4.78 is 5.07. The maximum atomic E-state index is 12.0. The van der Waals surface area contributed by atoms with Gasteiger partial charge in [0.1, 0.15) is 18.9 Å². The average molecular weight is 313 g/mol. The van der Waals surface area contributed by atoms with Crippen LogP contribution in [0.4, 0.5) is 0 Å². The van der Waals surface area contributed by atoms with Gasteiger partial charge in [-0.25, -0.2) is 0 Å². The van der Waals surface area contributed by atoms with E-state index in [-0.39, 0.29) is 24.5 Å². The first-order valence-electron chi connectivity index (χ1n) is 7.26. The first-order valence-corrected chi connectivity index (χ1v) is 7.26. The number of benzene rings is 2. The van der Waals surface area contributed by atoms with Crippen LogP contribution in [-0.2, 0) is 16.1 Å². The van der Waals surface area contributed by atoms with Gasteiger partial charge in [-0.3, -0.25) is 9.59 Å². The molecule has 1 amide bonds. The highest BCUT2D eigenvalue weighted by Gasteiger charge is 2.15. The molecule has 2 aromatic carbocycles. The maximum absolute atomic E-state index is 12.0. The number of carbonyl (C=O) groups is 2. The number of carbonyl (C=O) groups excluding carboxylic acids is 2. The number of ether oxygens (including phenoxy) is 1. The highest BCUT2D eigenvalue weighted by Crippen LogP contribution is 2.24. The van der Waals surface area contributed by atoms with Crippen LogP contribution in [0.2, 0.25) is 0 Å². The summed E-state index contributed by atoms with van der Waals surface area (Å²) >= 11 is 0. The zero-order valence-electron chi connectivity index (χ0n) is 13.1. The molecule has 0 bridgehead atoms. The van der Waals surface area contributed by atoms with E-state index < -0.39 is 11.9 Å². The maximum Gasteiger partial charge on any atom is 0.325 e. The Balaban J connectivity index is 1.87. The van der Waals surface area contributed by atoms with Crippen molar-refractivity contribution in [3.63, 3.8) is 0 Å². The fourth-order valence-electron chi connectivity index (χ4n) is 2.02. The summed E-state index contributed by atoms with van der Waals surface area (Å²) in [5.74, 6) is -1.12. The molecule has 0 aliphatic heterocycles. The van der Waals surface area contributed by atoms with E-state index in [9.17, 15) is 14.7 Å². The molecule has 120 valence electrons. The summed E-state index contributed by atoms with van der Waals surface area (Å²) in [4.78, 5) is 23.7. The molecular weight excluding hydrogens is 294 g/mol. The van der Waals surface area contributed by atoms with Crippen LogP contribution in [0.25, 0.3) is 0 Å². The first-order chi connectivity index (χ1) is 11.0. The molecule has 0 saturated heterocycles. The van der Waals surface area contributed by atoms with Crippen molar-refractivity contribution < 1.29 is 19.4 Å². The Labute approximate surface area is 134 Å². The Bertz CT molecular complexity index is 710. The number of rotatable bonds is 5. The van der Waals surface area contributed by atoms with Crippen LogP contribution in [0.3, 0.4) is 0 Å². The minimum absolute atomic E-state index is 0.0693. The molecule has 0 fully saturated rings. The second-order valence-corrected chi connectivity index (χ2v) is 5.23. The second-order valence-electron chi connectivity index (χ2n) is 5.23. The van der Waals surface area contributed by atoms with Crippen molar-refractivity contribution >= 4 is 11.9 Å². The third kappa shape index (κ3) is 4.32. The lowest BCUT2D eigenvalue weighted by atomic mass is 10.0. The standard InChI is InChI=1S/C18H19NO4/c1-12-8-9-15(17(21)13(12)2)18(22)19-10-16(20)23-11-14-6-4-3-5-7-14/h3-9,21H,10-11H2,1-2H3,(H,19,22). The van der Waals surface area contributed by atoms with Crippen LogP contribution in [0.5, 0.6) is 5.75 Å². The van der Waals surface area contributed by atoms with Crippen molar-refractivity contribution in [3.8, 4) is 5.75 Å². The predicted molar refractivity (Wildman–Crippen MR) is 86.2 cm³/mol. The van der Waals surface area contributed by atoms with E-state index >= 15 is 0 Å². The van der Waals surface area contributed by atoms with E-state index in [1.807, 2.05) is 37.3 Å². The summed E-state index contributed by atoms with van der Waals surface area (Å²) in [5, 5.41) is 12.4. The number of aryl methyl sites for hydroxylation is 1. The number of phenols is 1. The van der Waals surface area contributed by atoms with Gasteiger partial charge in [0.25, 0.3) is 5.91 Å². The van der Waals surface area contributed by atoms with Gasteiger partial charge >= 0.3 is 5.97 Å². The number of aromatic hydroxyl groups is 1. The van der Waals surface area contributed by atoms with Crippen LogP contribution < -0.4 is 5.32 Å². The topological polar surface area (TPSA) is 75.6 Å². The van der Waals surface area contributed by atoms with E-state index in [0.29, 0.717) is 5.56 Å². The summed E-state index contributed by atoms with van der Waals surface area (Å²) in [5.41, 5.74) is 2.55. The molecule has 2 N–H and O–H groups in total. The zero-order chi connectivity index (χ0) is 16.8. The molecule has 5 heteroatoms. The van der Waals surface area contributed by atoms with Gasteiger partial charge in [0.05, 0.1) is 5.56 Å². The van der Waals surface area contributed by atoms with Crippen molar-refractivity contribution in [2.24, 2.45) is 0 Å². The van der Waals surface area contributed by atoms with Gasteiger partial charge < -0.3 is 15.2 Å². The fraction of sp³-hybridized carbons (Fsp3) is 0.222. The van der Waals surface area contributed by atoms with Gasteiger partial charge in [0, 0.05) is 0 Å². The van der Waals surface area contributed by atoms with Crippen molar-refractivity contribution in [2.45, 2.75) is 20.5 Å². The molecule has 2 rings (SSSR count). The third-order valence-corrected chi connectivity index (χ3v) is 3.58. The van der Waals surface area contributed by atoms with Crippen LogP contribution in [-0.4, -0.2) is 23.5 Å².